The molecule has 5 nitrogen and oxygen atoms in total. The highest BCUT2D eigenvalue weighted by Crippen LogP contribution is 2.35. The highest BCUT2D eigenvalue weighted by atomic mass is 35.5. The molecule has 8 heteroatoms. The van der Waals surface area contributed by atoms with Gasteiger partial charge in [-0.2, -0.15) is 0 Å². The summed E-state index contributed by atoms with van der Waals surface area (Å²) < 4.78 is 6.90. The van der Waals surface area contributed by atoms with Crippen molar-refractivity contribution < 1.29 is 9.53 Å². The van der Waals surface area contributed by atoms with E-state index in [1.807, 2.05) is 41.0 Å². The summed E-state index contributed by atoms with van der Waals surface area (Å²) in [4.78, 5) is 12.0. The minimum Gasteiger partial charge on any atom is -0.465 e. The zero-order valence-electron chi connectivity index (χ0n) is 14.7. The zero-order chi connectivity index (χ0) is 19.4. The number of aromatic nitrogens is 3. The van der Waals surface area contributed by atoms with Crippen molar-refractivity contribution in [2.24, 2.45) is 0 Å². The number of esters is 1. The van der Waals surface area contributed by atoms with Gasteiger partial charge in [0, 0.05) is 5.56 Å². The summed E-state index contributed by atoms with van der Waals surface area (Å²) >= 11 is 14.1. The van der Waals surface area contributed by atoms with E-state index in [0.29, 0.717) is 33.3 Å². The van der Waals surface area contributed by atoms with Gasteiger partial charge in [0.15, 0.2) is 11.0 Å². The van der Waals surface area contributed by atoms with E-state index in [2.05, 4.69) is 10.2 Å². The summed E-state index contributed by atoms with van der Waals surface area (Å²) in [6.07, 6.45) is 0. The Bertz CT molecular complexity index is 962. The van der Waals surface area contributed by atoms with Crippen molar-refractivity contribution in [2.45, 2.75) is 24.3 Å². The predicted molar refractivity (Wildman–Crippen MR) is 109 cm³/mol. The largest absolute Gasteiger partial charge is 0.465 e. The van der Waals surface area contributed by atoms with E-state index in [0.717, 1.165) is 5.56 Å². The lowest BCUT2D eigenvalue weighted by Gasteiger charge is -2.14. The number of rotatable bonds is 6. The third-order valence-electron chi connectivity index (χ3n) is 3.74. The second-order valence-electron chi connectivity index (χ2n) is 5.58. The van der Waals surface area contributed by atoms with Crippen molar-refractivity contribution in [3.63, 3.8) is 0 Å². The molecule has 0 radical (unpaired) electrons. The number of benzene rings is 2. The first kappa shape index (κ1) is 19.7. The van der Waals surface area contributed by atoms with Crippen molar-refractivity contribution >= 4 is 40.9 Å². The maximum absolute atomic E-state index is 12.0. The van der Waals surface area contributed by atoms with Crippen molar-refractivity contribution in [3.8, 4) is 17.1 Å². The van der Waals surface area contributed by atoms with Gasteiger partial charge in [-0.1, -0.05) is 59.2 Å². The minimum atomic E-state index is -0.450. The van der Waals surface area contributed by atoms with E-state index in [4.69, 9.17) is 27.9 Å². The molecule has 0 saturated heterocycles. The fourth-order valence-electron chi connectivity index (χ4n) is 2.48. The van der Waals surface area contributed by atoms with E-state index in [1.54, 1.807) is 26.0 Å². The number of thioether (sulfide) groups is 1. The van der Waals surface area contributed by atoms with Gasteiger partial charge in [-0.05, 0) is 38.1 Å². The number of ether oxygens (including phenoxy) is 1. The predicted octanol–water partition coefficient (Wildman–Crippen LogP) is 5.28. The molecule has 1 aromatic heterocycles. The van der Waals surface area contributed by atoms with Crippen LogP contribution >= 0.6 is 35.0 Å². The van der Waals surface area contributed by atoms with Gasteiger partial charge < -0.3 is 4.74 Å². The summed E-state index contributed by atoms with van der Waals surface area (Å²) in [5, 5.41) is 9.77. The molecule has 0 amide bonds. The Morgan fingerprint density at radius 3 is 2.44 bits per heavy atom. The Morgan fingerprint density at radius 2 is 1.78 bits per heavy atom. The van der Waals surface area contributed by atoms with Crippen LogP contribution in [-0.4, -0.2) is 32.6 Å². The molecule has 0 N–H and O–H groups in total. The van der Waals surface area contributed by atoms with Crippen molar-refractivity contribution in [2.75, 3.05) is 6.61 Å². The molecule has 140 valence electrons. The van der Waals surface area contributed by atoms with E-state index in [9.17, 15) is 4.79 Å². The maximum atomic E-state index is 12.0. The molecular weight excluding hydrogens is 405 g/mol. The van der Waals surface area contributed by atoms with Gasteiger partial charge in [0.05, 0.1) is 22.3 Å². The molecule has 1 heterocycles. The fraction of sp³-hybridized carbons (Fsp3) is 0.211. The second-order valence-corrected chi connectivity index (χ2v) is 7.71. The summed E-state index contributed by atoms with van der Waals surface area (Å²) in [5.41, 5.74) is 1.43. The van der Waals surface area contributed by atoms with Crippen LogP contribution in [0.25, 0.3) is 17.1 Å². The monoisotopic (exact) mass is 421 g/mol. The zero-order valence-corrected chi connectivity index (χ0v) is 17.1. The SMILES string of the molecule is CCOC(=O)C(C)Sc1nnc(-c2ccccc2Cl)n1-c1ccccc1Cl. The normalized spacial score (nSPS) is 12.0. The number of carbonyl (C=O) groups excluding carboxylic acids is 1. The van der Waals surface area contributed by atoms with Crippen LogP contribution in [0.4, 0.5) is 0 Å². The van der Waals surface area contributed by atoms with Crippen LogP contribution in [0.3, 0.4) is 0 Å². The van der Waals surface area contributed by atoms with Crippen molar-refractivity contribution in [1.82, 2.24) is 14.8 Å². The Morgan fingerprint density at radius 1 is 1.11 bits per heavy atom. The third-order valence-corrected chi connectivity index (χ3v) is 5.41. The molecule has 1 atom stereocenters. The molecule has 27 heavy (non-hydrogen) atoms. The van der Waals surface area contributed by atoms with Crippen LogP contribution in [0.1, 0.15) is 13.8 Å². The molecule has 0 fully saturated rings. The number of hydrogen-bond donors (Lipinski definition) is 0. The molecule has 0 aliphatic rings. The first-order valence-electron chi connectivity index (χ1n) is 8.31. The Kier molecular flexibility index (Phi) is 6.42. The summed E-state index contributed by atoms with van der Waals surface area (Å²) in [6.45, 7) is 3.87. The number of halogens is 2. The van der Waals surface area contributed by atoms with Crippen LogP contribution in [0, 0.1) is 0 Å². The smallest absolute Gasteiger partial charge is 0.319 e. The lowest BCUT2D eigenvalue weighted by Crippen LogP contribution is -2.17. The molecule has 3 aromatic rings. The third kappa shape index (κ3) is 4.29. The van der Waals surface area contributed by atoms with Gasteiger partial charge in [-0.15, -0.1) is 10.2 Å². The number of carbonyl (C=O) groups is 1. The van der Waals surface area contributed by atoms with Gasteiger partial charge in [0.25, 0.3) is 0 Å². The van der Waals surface area contributed by atoms with Crippen LogP contribution in [0.2, 0.25) is 10.0 Å². The highest BCUT2D eigenvalue weighted by molar-refractivity contribution is 8.00. The fourth-order valence-corrected chi connectivity index (χ4v) is 3.78. The molecule has 0 aliphatic heterocycles. The van der Waals surface area contributed by atoms with Crippen LogP contribution in [0.5, 0.6) is 0 Å². The first-order valence-corrected chi connectivity index (χ1v) is 9.95. The van der Waals surface area contributed by atoms with Crippen LogP contribution in [-0.2, 0) is 9.53 Å². The number of nitrogens with zero attached hydrogens (tertiary/aromatic N) is 3. The Hall–Kier alpha value is -2.02. The number of hydrogen-bond acceptors (Lipinski definition) is 5. The first-order chi connectivity index (χ1) is 13.0. The summed E-state index contributed by atoms with van der Waals surface area (Å²) in [6, 6.07) is 14.8. The van der Waals surface area contributed by atoms with E-state index in [1.165, 1.54) is 11.8 Å². The lowest BCUT2D eigenvalue weighted by atomic mass is 10.2. The Balaban J connectivity index is 2.11. The van der Waals surface area contributed by atoms with Crippen LogP contribution in [0.15, 0.2) is 53.7 Å². The van der Waals surface area contributed by atoms with Gasteiger partial charge in [0.1, 0.15) is 5.25 Å². The molecule has 0 aliphatic carbocycles. The second kappa shape index (κ2) is 8.78. The average Bonchev–Trinajstić information content (AvgIpc) is 3.05. The van der Waals surface area contributed by atoms with E-state index < -0.39 is 5.25 Å². The van der Waals surface area contributed by atoms with Crippen LogP contribution < -0.4 is 0 Å². The Labute approximate surface area is 171 Å². The molecule has 0 bridgehead atoms. The van der Waals surface area contributed by atoms with E-state index >= 15 is 0 Å². The van der Waals surface area contributed by atoms with Gasteiger partial charge in [0.2, 0.25) is 0 Å². The van der Waals surface area contributed by atoms with Crippen molar-refractivity contribution in [1.29, 1.82) is 0 Å². The molecule has 1 unspecified atom stereocenters. The molecule has 0 spiro atoms. The highest BCUT2D eigenvalue weighted by Gasteiger charge is 2.24. The lowest BCUT2D eigenvalue weighted by molar-refractivity contribution is -0.142. The minimum absolute atomic E-state index is 0.310. The van der Waals surface area contributed by atoms with Crippen molar-refractivity contribution in [3.05, 3.63) is 58.6 Å². The van der Waals surface area contributed by atoms with Gasteiger partial charge in [-0.3, -0.25) is 9.36 Å². The quantitative estimate of drug-likeness (QED) is 0.399. The summed E-state index contributed by atoms with van der Waals surface area (Å²) in [7, 11) is 0. The standard InChI is InChI=1S/C19H17Cl2N3O2S/c1-3-26-18(25)12(2)27-19-23-22-17(13-8-4-5-9-14(13)20)24(19)16-11-7-6-10-15(16)21/h4-12H,3H2,1-2H3. The topological polar surface area (TPSA) is 57.0 Å². The molecular formula is C19H17Cl2N3O2S. The molecule has 0 saturated carbocycles. The van der Waals surface area contributed by atoms with E-state index in [-0.39, 0.29) is 5.97 Å². The maximum Gasteiger partial charge on any atom is 0.319 e. The molecule has 3 rings (SSSR count). The average molecular weight is 422 g/mol. The number of para-hydroxylation sites is 1. The van der Waals surface area contributed by atoms with Gasteiger partial charge >= 0.3 is 5.97 Å². The van der Waals surface area contributed by atoms with Gasteiger partial charge in [-0.25, -0.2) is 0 Å². The molecule has 2 aromatic carbocycles. The summed E-state index contributed by atoms with van der Waals surface area (Å²) in [5.74, 6) is 0.239.